The molecule has 1 N–H and O–H groups in total. The first-order valence-corrected chi connectivity index (χ1v) is 9.59. The maximum atomic E-state index is 14.3. The van der Waals surface area contributed by atoms with E-state index in [1.54, 1.807) is 11.1 Å². The van der Waals surface area contributed by atoms with Gasteiger partial charge in [0.25, 0.3) is 0 Å². The van der Waals surface area contributed by atoms with Gasteiger partial charge in [0.15, 0.2) is 11.6 Å². The van der Waals surface area contributed by atoms with Crippen molar-refractivity contribution in [1.29, 1.82) is 0 Å². The lowest BCUT2D eigenvalue weighted by Crippen LogP contribution is -2.41. The minimum Gasteiger partial charge on any atom is -0.339 e. The van der Waals surface area contributed by atoms with Gasteiger partial charge in [-0.25, -0.2) is 8.78 Å². The van der Waals surface area contributed by atoms with Gasteiger partial charge in [0.1, 0.15) is 0 Å². The number of rotatable bonds is 3. The molecule has 1 aliphatic heterocycles. The predicted octanol–water partition coefficient (Wildman–Crippen LogP) is 4.31. The van der Waals surface area contributed by atoms with Gasteiger partial charge < -0.3 is 4.90 Å². The van der Waals surface area contributed by atoms with Crippen molar-refractivity contribution < 1.29 is 26.7 Å². The summed E-state index contributed by atoms with van der Waals surface area (Å²) < 4.78 is 66.7. The second kappa shape index (κ2) is 7.27. The van der Waals surface area contributed by atoms with Gasteiger partial charge in [0.05, 0.1) is 11.8 Å². The fraction of sp³-hybridized carbons (Fsp3) is 0.474. The van der Waals surface area contributed by atoms with Crippen molar-refractivity contribution in [2.75, 3.05) is 6.54 Å². The van der Waals surface area contributed by atoms with E-state index < -0.39 is 39.9 Å². The Kier molecular flexibility index (Phi) is 5.04. The predicted molar refractivity (Wildman–Crippen MR) is 94.3 cm³/mol. The van der Waals surface area contributed by atoms with Crippen LogP contribution in [0.25, 0.3) is 0 Å². The molecule has 1 unspecified atom stereocenters. The van der Waals surface area contributed by atoms with Crippen LogP contribution >= 0.6 is 11.6 Å². The molecule has 4 nitrogen and oxygen atoms in total. The van der Waals surface area contributed by atoms with E-state index in [0.29, 0.717) is 25.5 Å². The Morgan fingerprint density at radius 1 is 1.24 bits per heavy atom. The average Bonchev–Trinajstić information content (AvgIpc) is 3.26. The van der Waals surface area contributed by atoms with Crippen LogP contribution in [0.1, 0.15) is 35.2 Å². The molecule has 0 radical (unpaired) electrons. The number of aromatic amines is 1. The second-order valence-electron chi connectivity index (χ2n) is 7.50. The number of carbonyl (C=O) groups excluding carboxylic acids is 1. The number of carbonyl (C=O) groups is 1. The number of H-pyrrole nitrogens is 1. The number of fused-ring (bicyclic) bond motifs is 1. The highest BCUT2D eigenvalue weighted by atomic mass is 35.5. The minimum atomic E-state index is -5.06. The molecule has 1 aliphatic carbocycles. The molecule has 0 bridgehead atoms. The Balaban J connectivity index is 1.51. The Bertz CT molecular complexity index is 958. The molecule has 1 fully saturated rings. The summed E-state index contributed by atoms with van der Waals surface area (Å²) in [6.45, 7) is 0.462. The van der Waals surface area contributed by atoms with Crippen molar-refractivity contribution in [3.63, 3.8) is 0 Å². The zero-order valence-electron chi connectivity index (χ0n) is 15.1. The summed E-state index contributed by atoms with van der Waals surface area (Å²) in [5.41, 5.74) is -0.0330. The van der Waals surface area contributed by atoms with E-state index in [1.807, 2.05) is 0 Å². The number of alkyl halides is 3. The van der Waals surface area contributed by atoms with Crippen LogP contribution in [0.4, 0.5) is 22.0 Å². The Morgan fingerprint density at radius 2 is 2.00 bits per heavy atom. The third-order valence-corrected chi connectivity index (χ3v) is 6.13. The van der Waals surface area contributed by atoms with Crippen molar-refractivity contribution in [2.45, 2.75) is 44.3 Å². The number of amides is 1. The molecule has 2 aliphatic rings. The summed E-state index contributed by atoms with van der Waals surface area (Å²) in [4.78, 5) is 14.6. The first kappa shape index (κ1) is 20.1. The highest BCUT2D eigenvalue weighted by molar-refractivity contribution is 6.31. The first-order chi connectivity index (χ1) is 13.7. The third-order valence-electron chi connectivity index (χ3n) is 5.79. The number of benzene rings is 1. The van der Waals surface area contributed by atoms with Gasteiger partial charge in [-0.1, -0.05) is 11.6 Å². The van der Waals surface area contributed by atoms with Crippen LogP contribution in [0.15, 0.2) is 12.3 Å². The number of likely N-dealkylation sites (tertiary alicyclic amines) is 1. The second-order valence-corrected chi connectivity index (χ2v) is 7.91. The molecule has 0 spiro atoms. The Hall–Kier alpha value is -2.16. The molecular formula is C19H17ClF5N3O. The third kappa shape index (κ3) is 3.60. The van der Waals surface area contributed by atoms with E-state index in [0.717, 1.165) is 24.1 Å². The molecule has 1 aromatic heterocycles. The van der Waals surface area contributed by atoms with Gasteiger partial charge in [-0.3, -0.25) is 9.89 Å². The number of nitrogens with one attached hydrogen (secondary N) is 1. The number of hydrogen-bond donors (Lipinski definition) is 1. The van der Waals surface area contributed by atoms with Crippen LogP contribution in [0.2, 0.25) is 5.02 Å². The average molecular weight is 434 g/mol. The van der Waals surface area contributed by atoms with Crippen LogP contribution in [0, 0.1) is 17.6 Å². The van der Waals surface area contributed by atoms with Gasteiger partial charge >= 0.3 is 6.18 Å². The van der Waals surface area contributed by atoms with Crippen LogP contribution in [-0.2, 0) is 30.2 Å². The highest BCUT2D eigenvalue weighted by Crippen LogP contribution is 2.38. The number of aryl methyl sites for hydroxylation is 1. The highest BCUT2D eigenvalue weighted by Gasteiger charge is 2.40. The van der Waals surface area contributed by atoms with E-state index in [9.17, 15) is 26.7 Å². The topological polar surface area (TPSA) is 49.0 Å². The van der Waals surface area contributed by atoms with Crippen LogP contribution in [0.5, 0.6) is 0 Å². The van der Waals surface area contributed by atoms with Crippen molar-refractivity contribution in [2.24, 2.45) is 5.92 Å². The van der Waals surface area contributed by atoms with E-state index in [-0.39, 0.29) is 18.4 Å². The molecule has 1 aromatic carbocycles. The molecule has 156 valence electrons. The molecule has 2 atom stereocenters. The number of halogens is 6. The normalized spacial score (nSPS) is 22.3. The standard InChI is InChI=1S/C19H17ClF5N3O/c20-14-7-13(19(23,24)25)17(22)16(21)12(14)6-9-3-4-28(18(9)29)11-1-2-15-10(5-11)8-26-27-15/h7-9,11H,1-6H2,(H,26,27)/t9-,11?/m0/s1. The van der Waals surface area contributed by atoms with E-state index in [4.69, 9.17) is 11.6 Å². The summed E-state index contributed by atoms with van der Waals surface area (Å²) in [7, 11) is 0. The lowest BCUT2D eigenvalue weighted by atomic mass is 9.92. The molecule has 2 aromatic rings. The molecule has 1 saturated heterocycles. The zero-order chi connectivity index (χ0) is 20.9. The zero-order valence-corrected chi connectivity index (χ0v) is 15.9. The minimum absolute atomic E-state index is 0.0118. The maximum Gasteiger partial charge on any atom is 0.419 e. The fourth-order valence-electron chi connectivity index (χ4n) is 4.25. The van der Waals surface area contributed by atoms with E-state index in [1.165, 1.54) is 0 Å². The summed E-state index contributed by atoms with van der Waals surface area (Å²) in [5, 5.41) is 6.41. The molecule has 1 amide bonds. The number of hydrogen-bond acceptors (Lipinski definition) is 2. The van der Waals surface area contributed by atoms with Crippen molar-refractivity contribution in [3.8, 4) is 0 Å². The van der Waals surface area contributed by atoms with Crippen molar-refractivity contribution in [1.82, 2.24) is 15.1 Å². The largest absolute Gasteiger partial charge is 0.419 e. The van der Waals surface area contributed by atoms with E-state index in [2.05, 4.69) is 10.2 Å². The summed E-state index contributed by atoms with van der Waals surface area (Å²) >= 11 is 5.83. The molecular weight excluding hydrogens is 417 g/mol. The van der Waals surface area contributed by atoms with Gasteiger partial charge in [-0.05, 0) is 43.7 Å². The summed E-state index contributed by atoms with van der Waals surface area (Å²) in [5.74, 6) is -4.49. The van der Waals surface area contributed by atoms with Gasteiger partial charge in [0.2, 0.25) is 5.91 Å². The summed E-state index contributed by atoms with van der Waals surface area (Å²) in [6, 6.07) is 0.371. The molecule has 2 heterocycles. The fourth-order valence-corrected chi connectivity index (χ4v) is 4.52. The van der Waals surface area contributed by atoms with Crippen molar-refractivity contribution in [3.05, 3.63) is 51.3 Å². The Morgan fingerprint density at radius 3 is 2.72 bits per heavy atom. The van der Waals surface area contributed by atoms with Gasteiger partial charge in [-0.15, -0.1) is 0 Å². The lowest BCUT2D eigenvalue weighted by molar-refractivity contribution is -0.140. The number of aromatic nitrogens is 2. The lowest BCUT2D eigenvalue weighted by Gasteiger charge is -2.31. The molecule has 10 heteroatoms. The molecule has 4 rings (SSSR count). The van der Waals surface area contributed by atoms with Crippen LogP contribution < -0.4 is 0 Å². The van der Waals surface area contributed by atoms with E-state index >= 15 is 0 Å². The smallest absolute Gasteiger partial charge is 0.339 e. The molecule has 0 saturated carbocycles. The summed E-state index contributed by atoms with van der Waals surface area (Å²) in [6.07, 6.45) is -0.963. The Labute approximate surface area is 168 Å². The molecule has 29 heavy (non-hydrogen) atoms. The van der Waals surface area contributed by atoms with Gasteiger partial charge in [-0.2, -0.15) is 18.3 Å². The first-order valence-electron chi connectivity index (χ1n) is 9.22. The van der Waals surface area contributed by atoms with Crippen LogP contribution in [-0.4, -0.2) is 33.6 Å². The quantitative estimate of drug-likeness (QED) is 0.579. The SMILES string of the molecule is O=C1[C@H](Cc2c(Cl)cc(C(F)(F)F)c(F)c2F)CCN1C1CCc2[nH]ncc2C1. The maximum absolute atomic E-state index is 14.3. The number of nitrogens with zero attached hydrogens (tertiary/aromatic N) is 2. The monoisotopic (exact) mass is 433 g/mol. The van der Waals surface area contributed by atoms with Crippen LogP contribution in [0.3, 0.4) is 0 Å². The van der Waals surface area contributed by atoms with Gasteiger partial charge in [0, 0.05) is 34.8 Å². The van der Waals surface area contributed by atoms with Crippen molar-refractivity contribution >= 4 is 17.5 Å².